The van der Waals surface area contributed by atoms with Gasteiger partial charge in [0.2, 0.25) is 0 Å². The maximum Gasteiger partial charge on any atom is 0.119 e. The Morgan fingerprint density at radius 2 is 1.71 bits per heavy atom. The summed E-state index contributed by atoms with van der Waals surface area (Å²) >= 11 is 0. The van der Waals surface area contributed by atoms with Crippen LogP contribution in [-0.2, 0) is 6.54 Å². The number of benzene rings is 2. The molecule has 0 radical (unpaired) electrons. The largest absolute Gasteiger partial charge is 0.491 e. The van der Waals surface area contributed by atoms with E-state index in [-0.39, 0.29) is 0 Å². The number of ether oxygens (including phenoxy) is 1. The van der Waals surface area contributed by atoms with Crippen LogP contribution in [0.4, 0.5) is 0 Å². The molecule has 2 rings (SSSR count). The first-order valence-electron chi connectivity index (χ1n) is 8.49. The first kappa shape index (κ1) is 18.5. The van der Waals surface area contributed by atoms with Gasteiger partial charge in [-0.3, -0.25) is 0 Å². The number of aliphatic hydroxyl groups excluding tert-OH is 1. The van der Waals surface area contributed by atoms with Gasteiger partial charge in [0.25, 0.3) is 0 Å². The molecule has 2 unspecified atom stereocenters. The van der Waals surface area contributed by atoms with Crippen LogP contribution in [0.3, 0.4) is 0 Å². The molecule has 0 saturated carbocycles. The van der Waals surface area contributed by atoms with E-state index in [1.54, 1.807) is 0 Å². The molecule has 2 aromatic rings. The maximum atomic E-state index is 9.98. The molecule has 0 amide bonds. The number of aryl methyl sites for hydroxylation is 1. The topological polar surface area (TPSA) is 53.5 Å². The van der Waals surface area contributed by atoms with Gasteiger partial charge in [-0.25, -0.2) is 0 Å². The van der Waals surface area contributed by atoms with Crippen LogP contribution in [0.1, 0.15) is 18.1 Å². The SMILES string of the molecule is Cc1ccc(OCC(O)CNCC(C)NCc2ccccc2)cc1. The summed E-state index contributed by atoms with van der Waals surface area (Å²) in [6, 6.07) is 18.5. The van der Waals surface area contributed by atoms with Gasteiger partial charge in [0.05, 0.1) is 0 Å². The van der Waals surface area contributed by atoms with Crippen LogP contribution in [0.25, 0.3) is 0 Å². The van der Waals surface area contributed by atoms with Crippen molar-refractivity contribution in [2.45, 2.75) is 32.5 Å². The molecule has 3 N–H and O–H groups in total. The second-order valence-electron chi connectivity index (χ2n) is 6.20. The summed E-state index contributed by atoms with van der Waals surface area (Å²) in [5.41, 5.74) is 2.47. The molecule has 2 aromatic carbocycles. The van der Waals surface area contributed by atoms with Crippen LogP contribution in [-0.4, -0.2) is 36.9 Å². The lowest BCUT2D eigenvalue weighted by molar-refractivity contribution is 0.106. The van der Waals surface area contributed by atoms with Crippen molar-refractivity contribution in [2.75, 3.05) is 19.7 Å². The smallest absolute Gasteiger partial charge is 0.119 e. The minimum atomic E-state index is -0.521. The summed E-state index contributed by atoms with van der Waals surface area (Å²) in [6.07, 6.45) is -0.521. The normalized spacial score (nSPS) is 13.5. The fourth-order valence-corrected chi connectivity index (χ4v) is 2.31. The van der Waals surface area contributed by atoms with Crippen molar-refractivity contribution in [3.8, 4) is 5.75 Å². The highest BCUT2D eigenvalue weighted by Crippen LogP contribution is 2.11. The van der Waals surface area contributed by atoms with Crippen LogP contribution in [0.2, 0.25) is 0 Å². The molecule has 0 aliphatic carbocycles. The molecular weight excluding hydrogens is 300 g/mol. The lowest BCUT2D eigenvalue weighted by Crippen LogP contribution is -2.40. The standard InChI is InChI=1S/C20H28N2O2/c1-16-8-10-20(11-9-16)24-15-19(23)14-21-12-17(2)22-13-18-6-4-3-5-7-18/h3-11,17,19,21-23H,12-15H2,1-2H3. The van der Waals surface area contributed by atoms with E-state index in [9.17, 15) is 5.11 Å². The quantitative estimate of drug-likeness (QED) is 0.627. The van der Waals surface area contributed by atoms with E-state index < -0.39 is 6.10 Å². The second-order valence-corrected chi connectivity index (χ2v) is 6.20. The average molecular weight is 328 g/mol. The molecule has 2 atom stereocenters. The second kappa shape index (κ2) is 10.1. The summed E-state index contributed by atoms with van der Waals surface area (Å²) in [5.74, 6) is 0.789. The monoisotopic (exact) mass is 328 g/mol. The highest BCUT2D eigenvalue weighted by Gasteiger charge is 2.07. The Labute approximate surface area is 144 Å². The number of rotatable bonds is 10. The van der Waals surface area contributed by atoms with Crippen molar-refractivity contribution in [3.63, 3.8) is 0 Å². The molecule has 0 aromatic heterocycles. The third-order valence-electron chi connectivity index (χ3n) is 3.79. The van der Waals surface area contributed by atoms with E-state index in [1.165, 1.54) is 11.1 Å². The van der Waals surface area contributed by atoms with Crippen molar-refractivity contribution in [1.82, 2.24) is 10.6 Å². The predicted molar refractivity (Wildman–Crippen MR) is 98.3 cm³/mol. The first-order chi connectivity index (χ1) is 11.6. The minimum absolute atomic E-state index is 0.294. The van der Waals surface area contributed by atoms with Crippen LogP contribution < -0.4 is 15.4 Å². The van der Waals surface area contributed by atoms with Crippen molar-refractivity contribution in [1.29, 1.82) is 0 Å². The molecule has 0 bridgehead atoms. The molecule has 4 heteroatoms. The molecule has 0 spiro atoms. The van der Waals surface area contributed by atoms with Crippen molar-refractivity contribution < 1.29 is 9.84 Å². The molecule has 0 aliphatic rings. The Bertz CT molecular complexity index is 572. The summed E-state index contributed by atoms with van der Waals surface area (Å²) in [6.45, 7) is 6.63. The van der Waals surface area contributed by atoms with Crippen molar-refractivity contribution in [3.05, 3.63) is 65.7 Å². The summed E-state index contributed by atoms with van der Waals surface area (Å²) < 4.78 is 5.58. The molecule has 130 valence electrons. The Morgan fingerprint density at radius 3 is 2.42 bits per heavy atom. The fraction of sp³-hybridized carbons (Fsp3) is 0.400. The molecule has 0 fully saturated rings. The lowest BCUT2D eigenvalue weighted by atomic mass is 10.2. The Balaban J connectivity index is 1.56. The Kier molecular flexibility index (Phi) is 7.75. The summed E-state index contributed by atoms with van der Waals surface area (Å²) in [7, 11) is 0. The third-order valence-corrected chi connectivity index (χ3v) is 3.79. The van der Waals surface area contributed by atoms with Gasteiger partial charge in [0, 0.05) is 25.7 Å². The number of aliphatic hydroxyl groups is 1. The highest BCUT2D eigenvalue weighted by atomic mass is 16.5. The molecular formula is C20H28N2O2. The molecule has 24 heavy (non-hydrogen) atoms. The zero-order valence-corrected chi connectivity index (χ0v) is 14.5. The minimum Gasteiger partial charge on any atom is -0.491 e. The van der Waals surface area contributed by atoms with Gasteiger partial charge in [-0.2, -0.15) is 0 Å². The van der Waals surface area contributed by atoms with Gasteiger partial charge in [-0.05, 0) is 31.5 Å². The van der Waals surface area contributed by atoms with Gasteiger partial charge in [-0.15, -0.1) is 0 Å². The van der Waals surface area contributed by atoms with Crippen molar-refractivity contribution >= 4 is 0 Å². The van der Waals surface area contributed by atoms with Crippen LogP contribution in [0.5, 0.6) is 5.75 Å². The van der Waals surface area contributed by atoms with Gasteiger partial charge >= 0.3 is 0 Å². The first-order valence-corrected chi connectivity index (χ1v) is 8.49. The zero-order valence-electron chi connectivity index (χ0n) is 14.5. The van der Waals surface area contributed by atoms with Crippen molar-refractivity contribution in [2.24, 2.45) is 0 Å². The van der Waals surface area contributed by atoms with Crippen LogP contribution >= 0.6 is 0 Å². The summed E-state index contributed by atoms with van der Waals surface area (Å²) in [5, 5.41) is 16.7. The Morgan fingerprint density at radius 1 is 1.00 bits per heavy atom. The molecule has 4 nitrogen and oxygen atoms in total. The van der Waals surface area contributed by atoms with E-state index in [0.29, 0.717) is 19.2 Å². The molecule has 0 aliphatic heterocycles. The molecule has 0 heterocycles. The van der Waals surface area contributed by atoms with E-state index in [1.807, 2.05) is 49.4 Å². The molecule has 0 saturated heterocycles. The van der Waals surface area contributed by atoms with Crippen LogP contribution in [0.15, 0.2) is 54.6 Å². The van der Waals surface area contributed by atoms with E-state index in [4.69, 9.17) is 4.74 Å². The predicted octanol–water partition coefficient (Wildman–Crippen LogP) is 2.50. The fourth-order valence-electron chi connectivity index (χ4n) is 2.31. The lowest BCUT2D eigenvalue weighted by Gasteiger charge is -2.17. The van der Waals surface area contributed by atoms with Gasteiger partial charge in [0.15, 0.2) is 0 Å². The number of nitrogens with one attached hydrogen (secondary N) is 2. The highest BCUT2D eigenvalue weighted by molar-refractivity contribution is 5.26. The summed E-state index contributed by atoms with van der Waals surface area (Å²) in [4.78, 5) is 0. The van der Waals surface area contributed by atoms with Gasteiger partial charge in [0.1, 0.15) is 18.5 Å². The van der Waals surface area contributed by atoms with Crippen LogP contribution in [0, 0.1) is 6.92 Å². The van der Waals surface area contributed by atoms with Gasteiger partial charge < -0.3 is 20.5 Å². The average Bonchev–Trinajstić information content (AvgIpc) is 2.60. The van der Waals surface area contributed by atoms with E-state index >= 15 is 0 Å². The maximum absolute atomic E-state index is 9.98. The number of hydrogen-bond acceptors (Lipinski definition) is 4. The Hall–Kier alpha value is -1.88. The van der Waals surface area contributed by atoms with E-state index in [2.05, 4.69) is 29.7 Å². The third kappa shape index (κ3) is 7.13. The van der Waals surface area contributed by atoms with E-state index in [0.717, 1.165) is 18.8 Å². The zero-order chi connectivity index (χ0) is 17.2. The van der Waals surface area contributed by atoms with Gasteiger partial charge in [-0.1, -0.05) is 48.0 Å². The number of hydrogen-bond donors (Lipinski definition) is 3.